The van der Waals surface area contributed by atoms with Crippen molar-refractivity contribution in [1.29, 1.82) is 5.26 Å². The predicted octanol–water partition coefficient (Wildman–Crippen LogP) is 2.89. The van der Waals surface area contributed by atoms with Gasteiger partial charge in [-0.25, -0.2) is 5.26 Å². The summed E-state index contributed by atoms with van der Waals surface area (Å²) < 4.78 is 35.6. The van der Waals surface area contributed by atoms with Gasteiger partial charge in [0.1, 0.15) is 0 Å². The molecule has 0 aliphatic rings. The molecule has 0 saturated carbocycles. The third-order valence-corrected chi connectivity index (χ3v) is 1.24. The van der Waals surface area contributed by atoms with Gasteiger partial charge in [-0.15, -0.1) is 0 Å². The molecule has 13 heavy (non-hydrogen) atoms. The van der Waals surface area contributed by atoms with Crippen LogP contribution in [0.2, 0.25) is 5.02 Å². The van der Waals surface area contributed by atoms with Gasteiger partial charge in [0.05, 0.1) is 10.6 Å². The number of hydrogen-bond donors (Lipinski definition) is 0. The number of nitrogens with zero attached hydrogens (tertiary/aromatic N) is 2. The molecule has 0 saturated heterocycles. The van der Waals surface area contributed by atoms with Crippen molar-refractivity contribution in [3.63, 3.8) is 0 Å². The number of nitriles is 1. The van der Waals surface area contributed by atoms with E-state index in [2.05, 4.69) is 11.6 Å². The molecule has 1 aromatic heterocycles. The fraction of sp³-hybridized carbons (Fsp3) is 0.143. The third kappa shape index (κ3) is 3.76. The highest BCUT2D eigenvalue weighted by Crippen LogP contribution is 2.29. The topological polar surface area (TPSA) is 36.7 Å². The molecule has 0 atom stereocenters. The van der Waals surface area contributed by atoms with Gasteiger partial charge in [-0.1, -0.05) is 11.6 Å². The van der Waals surface area contributed by atoms with Gasteiger partial charge in [0.15, 0.2) is 0 Å². The lowest BCUT2D eigenvalue weighted by atomic mass is 10.3. The number of rotatable bonds is 0. The van der Waals surface area contributed by atoms with E-state index in [-0.39, 0.29) is 5.02 Å². The van der Waals surface area contributed by atoms with E-state index in [1.54, 1.807) is 0 Å². The Kier molecular flexibility index (Phi) is 4.21. The lowest BCUT2D eigenvalue weighted by Crippen LogP contribution is -2.04. The quantitative estimate of drug-likeness (QED) is 0.657. The van der Waals surface area contributed by atoms with Gasteiger partial charge in [0.2, 0.25) is 0 Å². The van der Waals surface area contributed by atoms with E-state index < -0.39 is 11.7 Å². The van der Waals surface area contributed by atoms with Gasteiger partial charge < -0.3 is 0 Å². The van der Waals surface area contributed by atoms with Crippen LogP contribution in [0, 0.1) is 11.8 Å². The molecule has 0 amide bonds. The molecule has 0 fully saturated rings. The Labute approximate surface area is 77.6 Å². The molecule has 0 N–H and O–H groups in total. The smallest absolute Gasteiger partial charge is 0.263 e. The van der Waals surface area contributed by atoms with E-state index >= 15 is 0 Å². The Balaban J connectivity index is 0.000000671. The molecular weight excluding hydrogens is 205 g/mol. The summed E-state index contributed by atoms with van der Waals surface area (Å²) in [6, 6.07) is 0.828. The van der Waals surface area contributed by atoms with Crippen molar-refractivity contribution in [3.8, 4) is 6.57 Å². The summed E-state index contributed by atoms with van der Waals surface area (Å²) in [6.07, 6.45) is -2.49. The van der Waals surface area contributed by atoms with E-state index in [1.807, 2.05) is 0 Å². The standard InChI is InChI=1S/C6H3ClF3N.CHN/c7-5-1-4(2-11-3-5)6(8,9)10;1-2/h1-3H;1H. The van der Waals surface area contributed by atoms with Crippen LogP contribution in [0.4, 0.5) is 13.2 Å². The molecule has 70 valence electrons. The van der Waals surface area contributed by atoms with Crippen molar-refractivity contribution in [3.05, 3.63) is 29.0 Å². The zero-order valence-corrected chi connectivity index (χ0v) is 6.97. The molecular formula is C7H4ClF3N2. The molecule has 6 heteroatoms. The van der Waals surface area contributed by atoms with Crippen LogP contribution in [0.15, 0.2) is 18.5 Å². The van der Waals surface area contributed by atoms with Crippen LogP contribution < -0.4 is 0 Å². The maximum atomic E-state index is 11.9. The van der Waals surface area contributed by atoms with Crippen molar-refractivity contribution >= 4 is 11.6 Å². The largest absolute Gasteiger partial charge is 0.417 e. The molecule has 1 aromatic rings. The summed E-state index contributed by atoms with van der Waals surface area (Å²) in [5.41, 5.74) is -0.829. The average Bonchev–Trinajstić information content (AvgIpc) is 2.06. The summed E-state index contributed by atoms with van der Waals surface area (Å²) in [6.45, 7) is 3.50. The monoisotopic (exact) mass is 208 g/mol. The van der Waals surface area contributed by atoms with E-state index in [0.29, 0.717) is 0 Å². The first kappa shape index (κ1) is 11.7. The minimum Gasteiger partial charge on any atom is -0.263 e. The van der Waals surface area contributed by atoms with Gasteiger partial charge in [-0.05, 0) is 6.07 Å². The van der Waals surface area contributed by atoms with Crippen LogP contribution >= 0.6 is 11.6 Å². The molecule has 0 aliphatic heterocycles. The van der Waals surface area contributed by atoms with Crippen LogP contribution in [-0.4, -0.2) is 4.98 Å². The van der Waals surface area contributed by atoms with Gasteiger partial charge in [-0.2, -0.15) is 13.2 Å². The second kappa shape index (κ2) is 4.67. The molecule has 0 aromatic carbocycles. The molecule has 1 heterocycles. The van der Waals surface area contributed by atoms with Crippen molar-refractivity contribution in [2.24, 2.45) is 0 Å². The van der Waals surface area contributed by atoms with E-state index in [0.717, 1.165) is 18.5 Å². The minimum absolute atomic E-state index is 0.0141. The molecule has 2 nitrogen and oxygen atoms in total. The summed E-state index contributed by atoms with van der Waals surface area (Å²) in [5, 5.41) is 6.49. The molecule has 1 rings (SSSR count). The highest BCUT2D eigenvalue weighted by molar-refractivity contribution is 6.30. The van der Waals surface area contributed by atoms with Crippen LogP contribution in [-0.2, 0) is 6.18 Å². The Morgan fingerprint density at radius 1 is 1.31 bits per heavy atom. The lowest BCUT2D eigenvalue weighted by molar-refractivity contribution is -0.137. The first-order chi connectivity index (χ1) is 6.00. The molecule has 0 bridgehead atoms. The highest BCUT2D eigenvalue weighted by atomic mass is 35.5. The average molecular weight is 209 g/mol. The van der Waals surface area contributed by atoms with Crippen molar-refractivity contribution in [1.82, 2.24) is 4.98 Å². The summed E-state index contributed by atoms with van der Waals surface area (Å²) in [7, 11) is 0. The first-order valence-electron chi connectivity index (χ1n) is 2.94. The van der Waals surface area contributed by atoms with Crippen LogP contribution in [0.5, 0.6) is 0 Å². The SMILES string of the molecule is C#N.FC(F)(F)c1cncc(Cl)c1. The maximum absolute atomic E-state index is 11.9. The van der Waals surface area contributed by atoms with Crippen molar-refractivity contribution in [2.45, 2.75) is 6.18 Å². The lowest BCUT2D eigenvalue weighted by Gasteiger charge is -2.04. The highest BCUT2D eigenvalue weighted by Gasteiger charge is 2.30. The summed E-state index contributed by atoms with van der Waals surface area (Å²) in [4.78, 5) is 3.30. The van der Waals surface area contributed by atoms with E-state index in [9.17, 15) is 13.2 Å². The Hall–Kier alpha value is -1.28. The number of alkyl halides is 3. The molecule has 0 radical (unpaired) electrons. The number of halogens is 4. The number of hydrogen-bond acceptors (Lipinski definition) is 2. The Morgan fingerprint density at radius 3 is 2.15 bits per heavy atom. The zero-order valence-electron chi connectivity index (χ0n) is 6.22. The Bertz CT molecular complexity index is 295. The normalized spacial score (nSPS) is 10.0. The second-order valence-electron chi connectivity index (χ2n) is 1.89. The van der Waals surface area contributed by atoms with Crippen LogP contribution in [0.1, 0.15) is 5.56 Å². The van der Waals surface area contributed by atoms with Crippen molar-refractivity contribution in [2.75, 3.05) is 0 Å². The van der Waals surface area contributed by atoms with Gasteiger partial charge in [0.25, 0.3) is 0 Å². The van der Waals surface area contributed by atoms with Crippen LogP contribution in [0.3, 0.4) is 0 Å². The summed E-state index contributed by atoms with van der Waals surface area (Å²) in [5.74, 6) is 0. The molecule has 0 unspecified atom stereocenters. The summed E-state index contributed by atoms with van der Waals surface area (Å²) >= 11 is 5.29. The van der Waals surface area contributed by atoms with Gasteiger partial charge in [0, 0.05) is 19.0 Å². The minimum atomic E-state index is -4.36. The first-order valence-corrected chi connectivity index (χ1v) is 3.31. The van der Waals surface area contributed by atoms with Gasteiger partial charge in [-0.3, -0.25) is 4.98 Å². The number of aromatic nitrogens is 1. The predicted molar refractivity (Wildman–Crippen MR) is 40.9 cm³/mol. The van der Waals surface area contributed by atoms with E-state index in [4.69, 9.17) is 16.9 Å². The second-order valence-corrected chi connectivity index (χ2v) is 2.33. The van der Waals surface area contributed by atoms with Crippen LogP contribution in [0.25, 0.3) is 0 Å². The fourth-order valence-corrected chi connectivity index (χ4v) is 0.741. The zero-order chi connectivity index (χ0) is 10.5. The number of pyridine rings is 1. The van der Waals surface area contributed by atoms with Gasteiger partial charge >= 0.3 is 6.18 Å². The third-order valence-electron chi connectivity index (χ3n) is 1.03. The van der Waals surface area contributed by atoms with Crippen molar-refractivity contribution < 1.29 is 13.2 Å². The maximum Gasteiger partial charge on any atom is 0.417 e. The molecule has 0 aliphatic carbocycles. The Morgan fingerprint density at radius 2 is 1.85 bits per heavy atom. The molecule has 0 spiro atoms. The van der Waals surface area contributed by atoms with E-state index in [1.165, 1.54) is 0 Å². The fourth-order valence-electron chi connectivity index (χ4n) is 0.567.